The van der Waals surface area contributed by atoms with Gasteiger partial charge in [0.2, 0.25) is 16.0 Å². The molecule has 0 saturated carbocycles. The zero-order valence-corrected chi connectivity index (χ0v) is 35.5. The zero-order chi connectivity index (χ0) is 41.7. The predicted octanol–water partition coefficient (Wildman–Crippen LogP) is 6.62. The van der Waals surface area contributed by atoms with Crippen molar-refractivity contribution in [1.82, 2.24) is 28.6 Å². The second-order valence-corrected chi connectivity index (χ2v) is 19.6. The van der Waals surface area contributed by atoms with Crippen molar-refractivity contribution < 1.29 is 26.3 Å². The van der Waals surface area contributed by atoms with E-state index in [4.69, 9.17) is 9.72 Å². The number of hydrogen-bond donors (Lipinski definition) is 1. The average Bonchev–Trinajstić information content (AvgIpc) is 3.99. The van der Waals surface area contributed by atoms with E-state index in [1.165, 1.54) is 16.1 Å². The van der Waals surface area contributed by atoms with Gasteiger partial charge >= 0.3 is 6.18 Å². The molecule has 8 rings (SSSR count). The molecule has 1 N–H and O–H groups in total. The number of nitriles is 1. The Morgan fingerprint density at radius 2 is 1.75 bits per heavy atom. The maximum Gasteiger partial charge on any atom is 0.393 e. The number of aromatic nitrogens is 3. The third-order valence-electron chi connectivity index (χ3n) is 12.5. The van der Waals surface area contributed by atoms with Gasteiger partial charge in [0.1, 0.15) is 28.2 Å². The number of aryl methyl sites for hydroxylation is 1. The molecule has 2 atom stereocenters. The van der Waals surface area contributed by atoms with E-state index in [0.29, 0.717) is 66.9 Å². The van der Waals surface area contributed by atoms with Crippen LogP contribution in [-0.4, -0.2) is 115 Å². The van der Waals surface area contributed by atoms with Crippen molar-refractivity contribution in [2.24, 2.45) is 5.41 Å². The number of piperazine rings is 1. The van der Waals surface area contributed by atoms with Crippen LogP contribution in [0.3, 0.4) is 0 Å². The van der Waals surface area contributed by atoms with Crippen molar-refractivity contribution in [2.75, 3.05) is 75.9 Å². The number of methoxy groups -OCH3 is 1. The third-order valence-corrected chi connectivity index (χ3v) is 14.8. The number of anilines is 2. The number of hydrogen-bond acceptors (Lipinski definition) is 11. The van der Waals surface area contributed by atoms with Gasteiger partial charge in [0, 0.05) is 92.7 Å². The summed E-state index contributed by atoms with van der Waals surface area (Å²) < 4.78 is 73.4. The monoisotopic (exact) mass is 849 g/mol. The molecule has 2 aromatic carbocycles. The molecule has 3 aliphatic rings. The van der Waals surface area contributed by atoms with Gasteiger partial charge in [-0.1, -0.05) is 18.2 Å². The van der Waals surface area contributed by atoms with Crippen molar-refractivity contribution in [3.63, 3.8) is 0 Å². The molecule has 0 radical (unpaired) electrons. The minimum atomic E-state index is -4.32. The number of nitrogens with zero attached hydrogens (tertiary/aromatic N) is 8. The van der Waals surface area contributed by atoms with Crippen LogP contribution in [0.25, 0.3) is 21.1 Å². The van der Waals surface area contributed by atoms with Crippen LogP contribution in [0.5, 0.6) is 5.75 Å². The summed E-state index contributed by atoms with van der Waals surface area (Å²) in [6.45, 7) is 11.7. The van der Waals surface area contributed by atoms with Gasteiger partial charge in [0.05, 0.1) is 25.2 Å². The van der Waals surface area contributed by atoms with E-state index < -0.39 is 22.6 Å². The first kappa shape index (κ1) is 41.3. The van der Waals surface area contributed by atoms with Crippen molar-refractivity contribution in [1.29, 1.82) is 5.26 Å². The summed E-state index contributed by atoms with van der Waals surface area (Å²) in [6.07, 6.45) is -2.10. The Labute approximate surface area is 347 Å². The molecule has 314 valence electrons. The Morgan fingerprint density at radius 3 is 2.44 bits per heavy atom. The summed E-state index contributed by atoms with van der Waals surface area (Å²) in [5.74, 6) is 1.82. The van der Waals surface area contributed by atoms with Crippen molar-refractivity contribution in [3.8, 4) is 11.8 Å². The number of sulfonamides is 1. The second kappa shape index (κ2) is 16.2. The summed E-state index contributed by atoms with van der Waals surface area (Å²) in [5.41, 5.74) is 5.04. The summed E-state index contributed by atoms with van der Waals surface area (Å²) in [5, 5.41) is 15.2. The topological polar surface area (TPSA) is 123 Å². The molecule has 3 aromatic heterocycles. The number of fused-ring (bicyclic) bond motifs is 2. The van der Waals surface area contributed by atoms with E-state index in [1.807, 2.05) is 30.3 Å². The first-order chi connectivity index (χ1) is 28.1. The molecule has 0 bridgehead atoms. The lowest BCUT2D eigenvalue weighted by Crippen LogP contribution is -2.51. The van der Waals surface area contributed by atoms with Crippen LogP contribution in [0.15, 0.2) is 48.5 Å². The fourth-order valence-electron chi connectivity index (χ4n) is 9.18. The van der Waals surface area contributed by atoms with Crippen molar-refractivity contribution in [2.45, 2.75) is 65.0 Å². The van der Waals surface area contributed by atoms with E-state index in [-0.39, 0.29) is 16.3 Å². The summed E-state index contributed by atoms with van der Waals surface area (Å²) in [6, 6.07) is 18.1. The van der Waals surface area contributed by atoms with E-state index in [0.717, 1.165) is 84.7 Å². The number of thiophene rings is 1. The molecule has 3 saturated heterocycles. The number of ether oxygens (including phenoxy) is 1. The summed E-state index contributed by atoms with van der Waals surface area (Å²) in [7, 11) is -1.60. The first-order valence-corrected chi connectivity index (χ1v) is 22.7. The standard InChI is InChI=1S/C42H50F3N9O3S2/c1-28(51-15-17-53(18-16-51)59(4,55)56)24-54-32(22-46)19-35-29(2)31(7-10-37(35)54)25-50-13-11-41(26-50)12-14-52(27-41)38-36-20-34(21-42(43,44)45)58-39(36)49-40(48-38)47-23-30-5-8-33(57-3)9-6-30/h5-10,19-20,28H,11-18,21,23-27H2,1-4H3,(H,47,48,49)/t28-,41?/m0/s1. The third kappa shape index (κ3) is 8.88. The largest absolute Gasteiger partial charge is 0.497 e. The van der Waals surface area contributed by atoms with Crippen molar-refractivity contribution >= 4 is 54.2 Å². The minimum absolute atomic E-state index is 0.0248. The van der Waals surface area contributed by atoms with E-state index in [1.54, 1.807) is 13.2 Å². The second-order valence-electron chi connectivity index (χ2n) is 16.5. The Kier molecular flexibility index (Phi) is 11.3. The molecule has 1 spiro atoms. The van der Waals surface area contributed by atoms with Gasteiger partial charge in [-0.05, 0) is 80.3 Å². The molecule has 17 heteroatoms. The molecule has 12 nitrogen and oxygen atoms in total. The Morgan fingerprint density at radius 1 is 1.00 bits per heavy atom. The molecule has 5 aromatic rings. The molecule has 0 amide bonds. The predicted molar refractivity (Wildman–Crippen MR) is 225 cm³/mol. The smallest absolute Gasteiger partial charge is 0.393 e. The number of halogens is 3. The maximum atomic E-state index is 13.5. The molecular weight excluding hydrogens is 800 g/mol. The lowest BCUT2D eigenvalue weighted by Gasteiger charge is -2.37. The highest BCUT2D eigenvalue weighted by molar-refractivity contribution is 7.88. The van der Waals surface area contributed by atoms with Crippen LogP contribution in [0, 0.1) is 23.7 Å². The van der Waals surface area contributed by atoms with Gasteiger partial charge in [-0.15, -0.1) is 11.3 Å². The molecule has 3 fully saturated rings. The molecular formula is C42H50F3N9O3S2. The first-order valence-electron chi connectivity index (χ1n) is 20.0. The van der Waals surface area contributed by atoms with Gasteiger partial charge in [0.25, 0.3) is 0 Å². The van der Waals surface area contributed by atoms with E-state index >= 15 is 0 Å². The zero-order valence-electron chi connectivity index (χ0n) is 33.8. The quantitative estimate of drug-likeness (QED) is 0.147. The van der Waals surface area contributed by atoms with Crippen LogP contribution in [0.4, 0.5) is 24.9 Å². The average molecular weight is 850 g/mol. The lowest BCUT2D eigenvalue weighted by molar-refractivity contribution is -0.126. The summed E-state index contributed by atoms with van der Waals surface area (Å²) in [4.78, 5) is 17.4. The molecule has 6 heterocycles. The van der Waals surface area contributed by atoms with Gasteiger partial charge in [-0.2, -0.15) is 27.7 Å². The fourth-order valence-corrected chi connectivity index (χ4v) is 11.1. The molecule has 59 heavy (non-hydrogen) atoms. The Hall–Kier alpha value is -4.47. The SMILES string of the molecule is COc1ccc(CNc2nc(N3CCC4(CCN(Cc5ccc6c(cc(C#N)n6C[C@H](C)N6CCN(S(C)(=O)=O)CC6)c5C)C4)C3)c3cc(CC(F)(F)F)sc3n2)cc1. The lowest BCUT2D eigenvalue weighted by atomic mass is 9.86. The van der Waals surface area contributed by atoms with E-state index in [9.17, 15) is 26.9 Å². The van der Waals surface area contributed by atoms with Crippen LogP contribution < -0.4 is 15.0 Å². The highest BCUT2D eigenvalue weighted by atomic mass is 32.2. The Bertz CT molecular complexity index is 2490. The van der Waals surface area contributed by atoms with Gasteiger partial charge in [-0.3, -0.25) is 9.80 Å². The highest BCUT2D eigenvalue weighted by Crippen LogP contribution is 2.44. The van der Waals surface area contributed by atoms with Crippen LogP contribution >= 0.6 is 11.3 Å². The van der Waals surface area contributed by atoms with Crippen LogP contribution in [-0.2, 0) is 36.1 Å². The molecule has 3 aliphatic heterocycles. The molecule has 1 unspecified atom stereocenters. The van der Waals surface area contributed by atoms with Crippen molar-refractivity contribution in [3.05, 3.63) is 75.8 Å². The van der Waals surface area contributed by atoms with Crippen LogP contribution in [0.2, 0.25) is 0 Å². The number of likely N-dealkylation sites (tertiary alicyclic amines) is 1. The Balaban J connectivity index is 0.962. The number of benzene rings is 2. The van der Waals surface area contributed by atoms with Gasteiger partial charge in [0.15, 0.2) is 0 Å². The minimum Gasteiger partial charge on any atom is -0.497 e. The van der Waals surface area contributed by atoms with Gasteiger partial charge < -0.3 is 19.5 Å². The fraction of sp³-hybridized carbons (Fsp3) is 0.500. The van der Waals surface area contributed by atoms with Crippen LogP contribution in [0.1, 0.15) is 47.0 Å². The van der Waals surface area contributed by atoms with Gasteiger partial charge in [-0.25, -0.2) is 13.4 Å². The number of nitrogens with one attached hydrogen (secondary N) is 1. The molecule has 0 aliphatic carbocycles. The number of rotatable bonds is 12. The summed E-state index contributed by atoms with van der Waals surface area (Å²) >= 11 is 1.08. The normalized spacial score (nSPS) is 20.3. The highest BCUT2D eigenvalue weighted by Gasteiger charge is 2.44. The van der Waals surface area contributed by atoms with E-state index in [2.05, 4.69) is 61.6 Å². The maximum absolute atomic E-state index is 13.5. The number of alkyl halides is 3.